The Morgan fingerprint density at radius 2 is 1.77 bits per heavy atom. The number of rotatable bonds is 5. The summed E-state index contributed by atoms with van der Waals surface area (Å²) in [5.74, 6) is 0.279. The molecule has 3 saturated heterocycles. The molecule has 0 spiro atoms. The molecule has 0 aliphatic carbocycles. The molecule has 3 aliphatic rings. The molecule has 3 heterocycles. The SMILES string of the molecule is O=C(OC1CN2CCC1CC2)C(Nc1ccc(Cl)cc1)c1ccccc1. The number of benzene rings is 2. The molecule has 0 saturated carbocycles. The van der Waals surface area contributed by atoms with Crippen molar-refractivity contribution in [3.05, 3.63) is 65.2 Å². The number of fused-ring (bicyclic) bond motifs is 3. The quantitative estimate of drug-likeness (QED) is 0.803. The van der Waals surface area contributed by atoms with Gasteiger partial charge < -0.3 is 10.1 Å². The Kier molecular flexibility index (Phi) is 5.14. The fourth-order valence-electron chi connectivity index (χ4n) is 3.90. The highest BCUT2D eigenvalue weighted by Crippen LogP contribution is 2.31. The predicted octanol–water partition coefficient (Wildman–Crippen LogP) is 4.13. The Morgan fingerprint density at radius 3 is 2.38 bits per heavy atom. The van der Waals surface area contributed by atoms with Crippen LogP contribution in [-0.4, -0.2) is 36.6 Å². The van der Waals surface area contributed by atoms with Crippen LogP contribution in [0.5, 0.6) is 0 Å². The molecule has 4 nitrogen and oxygen atoms in total. The van der Waals surface area contributed by atoms with E-state index in [4.69, 9.17) is 16.3 Å². The van der Waals surface area contributed by atoms with Crippen LogP contribution in [0.4, 0.5) is 5.69 Å². The molecule has 2 unspecified atom stereocenters. The number of anilines is 1. The number of carbonyl (C=O) groups is 1. The molecule has 2 aromatic carbocycles. The number of hydrogen-bond acceptors (Lipinski definition) is 4. The lowest BCUT2D eigenvalue weighted by Crippen LogP contribution is -2.52. The summed E-state index contributed by atoms with van der Waals surface area (Å²) >= 11 is 5.97. The average molecular weight is 371 g/mol. The molecular weight excluding hydrogens is 348 g/mol. The molecule has 2 bridgehead atoms. The van der Waals surface area contributed by atoms with Crippen LogP contribution in [0.1, 0.15) is 24.4 Å². The van der Waals surface area contributed by atoms with Gasteiger partial charge in [0.1, 0.15) is 6.10 Å². The first kappa shape index (κ1) is 17.4. The molecule has 1 N–H and O–H groups in total. The van der Waals surface area contributed by atoms with Crippen molar-refractivity contribution in [3.8, 4) is 0 Å². The van der Waals surface area contributed by atoms with E-state index >= 15 is 0 Å². The topological polar surface area (TPSA) is 41.6 Å². The summed E-state index contributed by atoms with van der Waals surface area (Å²) in [6.07, 6.45) is 2.25. The van der Waals surface area contributed by atoms with Crippen LogP contribution in [0.15, 0.2) is 54.6 Å². The minimum absolute atomic E-state index is 0.00299. The zero-order chi connectivity index (χ0) is 17.9. The Labute approximate surface area is 159 Å². The van der Waals surface area contributed by atoms with Crippen LogP contribution in [0.3, 0.4) is 0 Å². The molecule has 3 fully saturated rings. The fourth-order valence-corrected chi connectivity index (χ4v) is 4.02. The highest BCUT2D eigenvalue weighted by Gasteiger charge is 2.37. The average Bonchev–Trinajstić information content (AvgIpc) is 2.69. The predicted molar refractivity (Wildman–Crippen MR) is 103 cm³/mol. The number of esters is 1. The molecule has 2 atom stereocenters. The van der Waals surface area contributed by atoms with Gasteiger partial charge in [0.25, 0.3) is 0 Å². The van der Waals surface area contributed by atoms with E-state index in [-0.39, 0.29) is 12.1 Å². The highest BCUT2D eigenvalue weighted by atomic mass is 35.5. The Morgan fingerprint density at radius 1 is 1.08 bits per heavy atom. The number of nitrogens with one attached hydrogen (secondary N) is 1. The van der Waals surface area contributed by atoms with Gasteiger partial charge in [-0.3, -0.25) is 4.90 Å². The Balaban J connectivity index is 1.52. The minimum atomic E-state index is -0.534. The van der Waals surface area contributed by atoms with Gasteiger partial charge in [-0.1, -0.05) is 41.9 Å². The van der Waals surface area contributed by atoms with E-state index in [2.05, 4.69) is 10.2 Å². The van der Waals surface area contributed by atoms with E-state index in [0.717, 1.165) is 43.7 Å². The van der Waals surface area contributed by atoms with Crippen LogP contribution in [-0.2, 0) is 9.53 Å². The zero-order valence-electron chi connectivity index (χ0n) is 14.6. The van der Waals surface area contributed by atoms with Gasteiger partial charge in [0.2, 0.25) is 0 Å². The summed E-state index contributed by atoms with van der Waals surface area (Å²) in [6, 6.07) is 16.6. The monoisotopic (exact) mass is 370 g/mol. The molecule has 136 valence electrons. The Hall–Kier alpha value is -2.04. The molecule has 0 radical (unpaired) electrons. The van der Waals surface area contributed by atoms with Gasteiger partial charge in [0.05, 0.1) is 0 Å². The summed E-state index contributed by atoms with van der Waals surface area (Å²) in [5, 5.41) is 3.98. The van der Waals surface area contributed by atoms with Crippen LogP contribution in [0.2, 0.25) is 5.02 Å². The van der Waals surface area contributed by atoms with Crippen LogP contribution in [0, 0.1) is 5.92 Å². The second-order valence-corrected chi connectivity index (χ2v) is 7.54. The summed E-state index contributed by atoms with van der Waals surface area (Å²) in [5.41, 5.74) is 1.74. The first-order chi connectivity index (χ1) is 12.7. The van der Waals surface area contributed by atoms with Crippen molar-refractivity contribution in [2.75, 3.05) is 25.0 Å². The fraction of sp³-hybridized carbons (Fsp3) is 0.381. The van der Waals surface area contributed by atoms with Gasteiger partial charge in [0.15, 0.2) is 6.04 Å². The number of ether oxygens (including phenoxy) is 1. The lowest BCUT2D eigenvalue weighted by Gasteiger charge is -2.44. The zero-order valence-corrected chi connectivity index (χ0v) is 15.4. The van der Waals surface area contributed by atoms with Crippen molar-refractivity contribution in [3.63, 3.8) is 0 Å². The van der Waals surface area contributed by atoms with Gasteiger partial charge in [0, 0.05) is 17.3 Å². The van der Waals surface area contributed by atoms with Crippen molar-refractivity contribution in [2.24, 2.45) is 5.92 Å². The first-order valence-corrected chi connectivity index (χ1v) is 9.57. The summed E-state index contributed by atoms with van der Waals surface area (Å²) in [6.45, 7) is 3.12. The van der Waals surface area contributed by atoms with Crippen molar-refractivity contribution in [2.45, 2.75) is 25.0 Å². The number of carbonyl (C=O) groups excluding carboxylic acids is 1. The summed E-state index contributed by atoms with van der Waals surface area (Å²) < 4.78 is 5.97. The van der Waals surface area contributed by atoms with E-state index in [1.54, 1.807) is 0 Å². The largest absolute Gasteiger partial charge is 0.459 e. The third-order valence-electron chi connectivity index (χ3n) is 5.39. The van der Waals surface area contributed by atoms with E-state index in [1.165, 1.54) is 0 Å². The van der Waals surface area contributed by atoms with E-state index in [0.29, 0.717) is 10.9 Å². The maximum atomic E-state index is 13.0. The number of halogens is 1. The number of hydrogen-bond donors (Lipinski definition) is 1. The molecule has 26 heavy (non-hydrogen) atoms. The Bertz CT molecular complexity index is 742. The number of piperidine rings is 3. The standard InChI is InChI=1S/C21H23ClN2O2/c22-17-6-8-18(9-7-17)23-20(16-4-2-1-3-5-16)21(25)26-19-14-24-12-10-15(19)11-13-24/h1-9,15,19-20,23H,10-14H2. The van der Waals surface area contributed by atoms with Crippen molar-refractivity contribution in [1.29, 1.82) is 0 Å². The maximum absolute atomic E-state index is 13.0. The molecule has 0 amide bonds. The molecule has 3 aliphatic heterocycles. The molecular formula is C21H23ClN2O2. The van der Waals surface area contributed by atoms with E-state index in [1.807, 2.05) is 54.6 Å². The van der Waals surface area contributed by atoms with Gasteiger partial charge in [-0.2, -0.15) is 0 Å². The molecule has 2 aromatic rings. The van der Waals surface area contributed by atoms with Crippen LogP contribution < -0.4 is 5.32 Å². The summed E-state index contributed by atoms with van der Waals surface area (Å²) in [4.78, 5) is 15.4. The van der Waals surface area contributed by atoms with Gasteiger partial charge in [-0.05, 0) is 61.7 Å². The molecule has 0 aromatic heterocycles. The third kappa shape index (κ3) is 3.87. The third-order valence-corrected chi connectivity index (χ3v) is 5.64. The maximum Gasteiger partial charge on any atom is 0.333 e. The normalized spacial score (nSPS) is 25.5. The highest BCUT2D eigenvalue weighted by molar-refractivity contribution is 6.30. The first-order valence-electron chi connectivity index (χ1n) is 9.19. The minimum Gasteiger partial charge on any atom is -0.459 e. The van der Waals surface area contributed by atoms with E-state index in [9.17, 15) is 4.79 Å². The van der Waals surface area contributed by atoms with Crippen LogP contribution in [0.25, 0.3) is 0 Å². The summed E-state index contributed by atoms with van der Waals surface area (Å²) in [7, 11) is 0. The van der Waals surface area contributed by atoms with Crippen molar-refractivity contribution >= 4 is 23.3 Å². The van der Waals surface area contributed by atoms with E-state index < -0.39 is 6.04 Å². The second-order valence-electron chi connectivity index (χ2n) is 7.11. The molecule has 5 rings (SSSR count). The smallest absolute Gasteiger partial charge is 0.333 e. The van der Waals surface area contributed by atoms with Crippen molar-refractivity contribution < 1.29 is 9.53 Å². The van der Waals surface area contributed by atoms with Crippen LogP contribution >= 0.6 is 11.6 Å². The van der Waals surface area contributed by atoms with Gasteiger partial charge >= 0.3 is 5.97 Å². The molecule has 5 heteroatoms. The van der Waals surface area contributed by atoms with Gasteiger partial charge in [-0.25, -0.2) is 4.79 Å². The van der Waals surface area contributed by atoms with Crippen molar-refractivity contribution in [1.82, 2.24) is 4.90 Å². The number of nitrogens with zero attached hydrogens (tertiary/aromatic N) is 1. The lowest BCUT2D eigenvalue weighted by molar-refractivity contribution is -0.159. The van der Waals surface area contributed by atoms with Gasteiger partial charge in [-0.15, -0.1) is 0 Å². The lowest BCUT2D eigenvalue weighted by atomic mass is 9.86. The second kappa shape index (κ2) is 7.68.